The van der Waals surface area contributed by atoms with Crippen molar-refractivity contribution in [2.24, 2.45) is 0 Å². The summed E-state index contributed by atoms with van der Waals surface area (Å²) in [5.41, 5.74) is 2.28. The minimum atomic E-state index is -0.0608. The van der Waals surface area contributed by atoms with Crippen molar-refractivity contribution in [3.63, 3.8) is 0 Å². The van der Waals surface area contributed by atoms with Crippen molar-refractivity contribution in [1.82, 2.24) is 20.0 Å². The largest absolute Gasteiger partial charge is 0.486 e. The smallest absolute Gasteiger partial charge is 0.261 e. The monoisotopic (exact) mass is 376 g/mol. The molecule has 1 aromatic carbocycles. The second-order valence-electron chi connectivity index (χ2n) is 7.37. The molecule has 28 heavy (non-hydrogen) atoms. The molecular formula is C21H20N4O3. The van der Waals surface area contributed by atoms with Gasteiger partial charge in [-0.05, 0) is 44.0 Å². The highest BCUT2D eigenvalue weighted by Crippen LogP contribution is 2.39. The molecule has 1 aliphatic carbocycles. The molecule has 0 bridgehead atoms. The van der Waals surface area contributed by atoms with E-state index in [4.69, 9.17) is 9.26 Å². The lowest BCUT2D eigenvalue weighted by atomic mass is 10.1. The van der Waals surface area contributed by atoms with Crippen LogP contribution in [0.25, 0.3) is 11.5 Å². The van der Waals surface area contributed by atoms with Crippen LogP contribution in [0.4, 0.5) is 0 Å². The molecule has 0 radical (unpaired) electrons. The Balaban J connectivity index is 1.25. The van der Waals surface area contributed by atoms with Crippen molar-refractivity contribution in [3.05, 3.63) is 59.7 Å². The minimum absolute atomic E-state index is 0.0217. The van der Waals surface area contributed by atoms with Crippen LogP contribution in [0, 0.1) is 6.92 Å². The molecule has 2 aromatic heterocycles. The van der Waals surface area contributed by atoms with Crippen molar-refractivity contribution in [3.8, 4) is 17.2 Å². The van der Waals surface area contributed by atoms with Crippen molar-refractivity contribution in [2.45, 2.75) is 31.8 Å². The molecule has 142 valence electrons. The van der Waals surface area contributed by atoms with E-state index in [2.05, 4.69) is 15.1 Å². The molecule has 5 rings (SSSR count). The Morgan fingerprint density at radius 1 is 1.18 bits per heavy atom. The molecule has 1 saturated carbocycles. The number of carbonyl (C=O) groups excluding carboxylic acids is 1. The summed E-state index contributed by atoms with van der Waals surface area (Å²) >= 11 is 0. The standard InChI is InChI=1S/C21H20N4O3/c1-13-6-7-15(10-22-13)21(26)25-11-16(12-25)27-18-5-3-2-4-17(18)20-23-19(24-28-20)14-8-9-14/h2-7,10,14,16H,8-9,11-12H2,1H3. The molecule has 1 amide bonds. The fourth-order valence-electron chi connectivity index (χ4n) is 3.23. The summed E-state index contributed by atoms with van der Waals surface area (Å²) in [6, 6.07) is 11.3. The molecule has 7 nitrogen and oxygen atoms in total. The maximum atomic E-state index is 12.5. The van der Waals surface area contributed by atoms with Gasteiger partial charge in [0, 0.05) is 17.8 Å². The lowest BCUT2D eigenvalue weighted by Gasteiger charge is -2.39. The molecule has 2 aliphatic rings. The predicted octanol–water partition coefficient (Wildman–Crippen LogP) is 3.22. The first-order valence-electron chi connectivity index (χ1n) is 9.49. The van der Waals surface area contributed by atoms with Crippen molar-refractivity contribution < 1.29 is 14.1 Å². The summed E-state index contributed by atoms with van der Waals surface area (Å²) < 4.78 is 11.6. The zero-order valence-corrected chi connectivity index (χ0v) is 15.5. The normalized spacial score (nSPS) is 16.7. The quantitative estimate of drug-likeness (QED) is 0.680. The molecule has 1 aliphatic heterocycles. The number of para-hydroxylation sites is 1. The van der Waals surface area contributed by atoms with Crippen LogP contribution in [-0.4, -0.2) is 45.1 Å². The summed E-state index contributed by atoms with van der Waals surface area (Å²) in [5, 5.41) is 4.08. The second kappa shape index (κ2) is 6.74. The Labute approximate surface area is 162 Å². The fraction of sp³-hybridized carbons (Fsp3) is 0.333. The fourth-order valence-corrected chi connectivity index (χ4v) is 3.23. The number of amides is 1. The Morgan fingerprint density at radius 2 is 2.00 bits per heavy atom. The van der Waals surface area contributed by atoms with Gasteiger partial charge >= 0.3 is 0 Å². The van der Waals surface area contributed by atoms with Gasteiger partial charge in [-0.3, -0.25) is 9.78 Å². The number of aryl methyl sites for hydroxylation is 1. The summed E-state index contributed by atoms with van der Waals surface area (Å²) in [6.07, 6.45) is 3.81. The Bertz CT molecular complexity index is 1000. The number of rotatable bonds is 5. The van der Waals surface area contributed by atoms with E-state index in [9.17, 15) is 4.79 Å². The number of ether oxygens (including phenoxy) is 1. The lowest BCUT2D eigenvalue weighted by Crippen LogP contribution is -2.56. The van der Waals surface area contributed by atoms with Crippen LogP contribution >= 0.6 is 0 Å². The maximum absolute atomic E-state index is 12.5. The van der Waals surface area contributed by atoms with Crippen molar-refractivity contribution >= 4 is 5.91 Å². The Hall–Kier alpha value is -3.22. The van der Waals surface area contributed by atoms with Crippen LogP contribution in [0.2, 0.25) is 0 Å². The molecule has 0 N–H and O–H groups in total. The lowest BCUT2D eigenvalue weighted by molar-refractivity contribution is 0.0179. The number of carbonyl (C=O) groups is 1. The third-order valence-corrected chi connectivity index (χ3v) is 5.09. The third-order valence-electron chi connectivity index (χ3n) is 5.09. The van der Waals surface area contributed by atoms with Gasteiger partial charge in [0.1, 0.15) is 11.9 Å². The number of hydrogen-bond acceptors (Lipinski definition) is 6. The maximum Gasteiger partial charge on any atom is 0.261 e. The molecule has 0 spiro atoms. The van der Waals surface area contributed by atoms with Gasteiger partial charge in [0.25, 0.3) is 11.8 Å². The van der Waals surface area contributed by atoms with Gasteiger partial charge in [-0.25, -0.2) is 0 Å². The third kappa shape index (κ3) is 3.24. The number of nitrogens with zero attached hydrogens (tertiary/aromatic N) is 4. The van der Waals surface area contributed by atoms with Crippen molar-refractivity contribution in [2.75, 3.05) is 13.1 Å². The highest BCUT2D eigenvalue weighted by molar-refractivity contribution is 5.94. The van der Waals surface area contributed by atoms with E-state index < -0.39 is 0 Å². The molecular weight excluding hydrogens is 356 g/mol. The van der Waals surface area contributed by atoms with Gasteiger partial charge in [0.2, 0.25) is 0 Å². The van der Waals surface area contributed by atoms with Gasteiger partial charge in [-0.2, -0.15) is 4.98 Å². The minimum Gasteiger partial charge on any atom is -0.486 e. The Kier molecular flexibility index (Phi) is 4.07. The van der Waals surface area contributed by atoms with Crippen LogP contribution in [0.5, 0.6) is 5.75 Å². The Morgan fingerprint density at radius 3 is 2.75 bits per heavy atom. The van der Waals surface area contributed by atoms with Crippen LogP contribution in [-0.2, 0) is 0 Å². The van der Waals surface area contributed by atoms with E-state index in [1.165, 1.54) is 0 Å². The van der Waals surface area contributed by atoms with Gasteiger partial charge in [-0.15, -0.1) is 0 Å². The molecule has 0 unspecified atom stereocenters. The van der Waals surface area contributed by atoms with Gasteiger partial charge in [-0.1, -0.05) is 17.3 Å². The zero-order chi connectivity index (χ0) is 19.1. The number of benzene rings is 1. The van der Waals surface area contributed by atoms with Crippen LogP contribution in [0.1, 0.15) is 40.6 Å². The number of likely N-dealkylation sites (tertiary alicyclic amines) is 1. The van der Waals surface area contributed by atoms with Crippen LogP contribution in [0.3, 0.4) is 0 Å². The summed E-state index contributed by atoms with van der Waals surface area (Å²) in [7, 11) is 0. The first-order chi connectivity index (χ1) is 13.7. The van der Waals surface area contributed by atoms with Crippen molar-refractivity contribution in [1.29, 1.82) is 0 Å². The molecule has 2 fully saturated rings. The van der Waals surface area contributed by atoms with Gasteiger partial charge < -0.3 is 14.2 Å². The molecule has 1 saturated heterocycles. The molecule has 3 aromatic rings. The average Bonchev–Trinajstić information content (AvgIpc) is 3.42. The van der Waals surface area contributed by atoms with Gasteiger partial charge in [0.15, 0.2) is 5.82 Å². The topological polar surface area (TPSA) is 81.4 Å². The van der Waals surface area contributed by atoms with Crippen LogP contribution < -0.4 is 4.74 Å². The first-order valence-corrected chi connectivity index (χ1v) is 9.49. The second-order valence-corrected chi connectivity index (χ2v) is 7.37. The SMILES string of the molecule is Cc1ccc(C(=O)N2CC(Oc3ccccc3-c3nc(C4CC4)no3)C2)cn1. The van der Waals surface area contributed by atoms with E-state index in [0.717, 1.165) is 29.9 Å². The van der Waals surface area contributed by atoms with Crippen LogP contribution in [0.15, 0.2) is 47.1 Å². The summed E-state index contributed by atoms with van der Waals surface area (Å²) in [4.78, 5) is 23.0. The van der Waals surface area contributed by atoms with E-state index in [-0.39, 0.29) is 12.0 Å². The first kappa shape index (κ1) is 16.9. The van der Waals surface area contributed by atoms with E-state index in [0.29, 0.717) is 36.2 Å². The summed E-state index contributed by atoms with van der Waals surface area (Å²) in [6.45, 7) is 2.98. The van der Waals surface area contributed by atoms with E-state index in [1.54, 1.807) is 17.2 Å². The molecule has 0 atom stereocenters. The highest BCUT2D eigenvalue weighted by Gasteiger charge is 2.34. The highest BCUT2D eigenvalue weighted by atomic mass is 16.5. The average molecular weight is 376 g/mol. The summed E-state index contributed by atoms with van der Waals surface area (Å²) in [5.74, 6) is 2.37. The predicted molar refractivity (Wildman–Crippen MR) is 101 cm³/mol. The zero-order valence-electron chi connectivity index (χ0n) is 15.5. The van der Waals surface area contributed by atoms with Gasteiger partial charge in [0.05, 0.1) is 24.2 Å². The van der Waals surface area contributed by atoms with E-state index >= 15 is 0 Å². The molecule has 7 heteroatoms. The number of pyridine rings is 1. The molecule has 3 heterocycles. The van der Waals surface area contributed by atoms with E-state index in [1.807, 2.05) is 37.3 Å². The number of aromatic nitrogens is 3. The number of hydrogen-bond donors (Lipinski definition) is 0.